The van der Waals surface area contributed by atoms with Gasteiger partial charge in [0.1, 0.15) is 0 Å². The summed E-state index contributed by atoms with van der Waals surface area (Å²) < 4.78 is 5.13. The molecule has 0 unspecified atom stereocenters. The van der Waals surface area contributed by atoms with Crippen LogP contribution in [0.3, 0.4) is 0 Å². The van der Waals surface area contributed by atoms with Gasteiger partial charge in [-0.25, -0.2) is 0 Å². The largest absolute Gasteiger partial charge is 0.504 e. The lowest BCUT2D eigenvalue weighted by Crippen LogP contribution is -2.38. The molecule has 0 aliphatic carbocycles. The summed E-state index contributed by atoms with van der Waals surface area (Å²) in [5.74, 6) is 0.782. The van der Waals surface area contributed by atoms with Crippen LogP contribution >= 0.6 is 11.6 Å². The monoisotopic (exact) mass is 385 g/mol. The van der Waals surface area contributed by atoms with Crippen LogP contribution in [0.2, 0.25) is 5.02 Å². The maximum atomic E-state index is 12.8. The molecule has 1 fully saturated rings. The van der Waals surface area contributed by atoms with Gasteiger partial charge in [-0.3, -0.25) is 9.69 Å². The van der Waals surface area contributed by atoms with Crippen molar-refractivity contribution in [2.45, 2.75) is 12.8 Å². The lowest BCUT2D eigenvalue weighted by molar-refractivity contribution is 0.0831. The fourth-order valence-corrected chi connectivity index (χ4v) is 3.64. The van der Waals surface area contributed by atoms with E-state index in [2.05, 4.69) is 11.0 Å². The van der Waals surface area contributed by atoms with E-state index in [-0.39, 0.29) is 17.5 Å². The Morgan fingerprint density at radius 1 is 1.33 bits per heavy atom. The number of rotatable bonds is 6. The Morgan fingerprint density at radius 2 is 2.19 bits per heavy atom. The van der Waals surface area contributed by atoms with Gasteiger partial charge in [0.05, 0.1) is 7.11 Å². The summed E-state index contributed by atoms with van der Waals surface area (Å²) in [6.07, 6.45) is 6.01. The minimum Gasteiger partial charge on any atom is -0.504 e. The summed E-state index contributed by atoms with van der Waals surface area (Å²) in [5, 5.41) is 10.3. The van der Waals surface area contributed by atoms with Crippen LogP contribution in [0.5, 0.6) is 11.5 Å². The van der Waals surface area contributed by atoms with E-state index < -0.39 is 0 Å². The molecule has 1 heterocycles. The molecule has 0 saturated carbocycles. The van der Waals surface area contributed by atoms with E-state index in [0.29, 0.717) is 16.3 Å². The molecule has 1 atom stereocenters. The number of carbonyl (C=O) groups excluding carboxylic acids is 1. The zero-order valence-corrected chi connectivity index (χ0v) is 16.2. The van der Waals surface area contributed by atoms with Crippen molar-refractivity contribution in [1.29, 1.82) is 0 Å². The third-order valence-electron chi connectivity index (χ3n) is 4.86. The van der Waals surface area contributed by atoms with Crippen LogP contribution in [0.1, 0.15) is 28.8 Å². The number of methoxy groups -OCH3 is 1. The lowest BCUT2D eigenvalue weighted by atomic mass is 9.90. The van der Waals surface area contributed by atoms with Crippen molar-refractivity contribution in [3.8, 4) is 11.5 Å². The Hall–Kier alpha value is -2.30. The molecule has 0 radical (unpaired) electrons. The van der Waals surface area contributed by atoms with Crippen molar-refractivity contribution in [2.75, 3.05) is 26.7 Å². The lowest BCUT2D eigenvalue weighted by Gasteiger charge is -2.31. The highest BCUT2D eigenvalue weighted by molar-refractivity contribution is 6.31. The number of aromatic hydroxyl groups is 1. The molecule has 2 aromatic rings. The first-order chi connectivity index (χ1) is 13.1. The van der Waals surface area contributed by atoms with Gasteiger partial charge in [-0.15, -0.1) is 0 Å². The minimum atomic E-state index is 0.0133. The van der Waals surface area contributed by atoms with Gasteiger partial charge in [0.15, 0.2) is 17.3 Å². The van der Waals surface area contributed by atoms with Crippen LogP contribution in [-0.2, 0) is 0 Å². The first-order valence-corrected chi connectivity index (χ1v) is 9.50. The summed E-state index contributed by atoms with van der Waals surface area (Å²) in [7, 11) is 1.54. The van der Waals surface area contributed by atoms with Gasteiger partial charge in [-0.2, -0.15) is 0 Å². The highest BCUT2D eigenvalue weighted by atomic mass is 35.5. The van der Waals surface area contributed by atoms with Crippen LogP contribution in [0.4, 0.5) is 0 Å². The van der Waals surface area contributed by atoms with Gasteiger partial charge in [0.25, 0.3) is 0 Å². The number of nitrogens with zero attached hydrogens (tertiary/aromatic N) is 1. The second-order valence-corrected chi connectivity index (χ2v) is 7.24. The molecule has 1 aliphatic rings. The number of ketones is 1. The van der Waals surface area contributed by atoms with E-state index in [1.165, 1.54) is 7.11 Å². The summed E-state index contributed by atoms with van der Waals surface area (Å²) in [5.41, 5.74) is 1.66. The van der Waals surface area contributed by atoms with Gasteiger partial charge >= 0.3 is 0 Å². The number of halogens is 1. The molecule has 2 aromatic carbocycles. The molecule has 0 bridgehead atoms. The number of piperidine rings is 1. The minimum absolute atomic E-state index is 0.0133. The van der Waals surface area contributed by atoms with Crippen molar-refractivity contribution in [3.63, 3.8) is 0 Å². The summed E-state index contributed by atoms with van der Waals surface area (Å²) >= 11 is 6.02. The fraction of sp³-hybridized carbons (Fsp3) is 0.318. The number of phenolic OH excluding ortho intramolecular Hbond substituents is 1. The van der Waals surface area contributed by atoms with Crippen LogP contribution in [-0.4, -0.2) is 42.5 Å². The molecule has 3 rings (SSSR count). The average Bonchev–Trinajstić information content (AvgIpc) is 2.69. The Balaban J connectivity index is 1.59. The predicted molar refractivity (Wildman–Crippen MR) is 109 cm³/mol. The van der Waals surface area contributed by atoms with Gasteiger partial charge in [0.2, 0.25) is 0 Å². The number of hydrogen-bond acceptors (Lipinski definition) is 4. The molecule has 1 aliphatic heterocycles. The zero-order valence-electron chi connectivity index (χ0n) is 15.4. The van der Waals surface area contributed by atoms with Crippen LogP contribution in [0.15, 0.2) is 48.5 Å². The Bertz CT molecular complexity index is 834. The molecule has 0 spiro atoms. The fourth-order valence-electron chi connectivity index (χ4n) is 3.45. The van der Waals surface area contributed by atoms with E-state index in [1.54, 1.807) is 24.3 Å². The molecule has 0 aromatic heterocycles. The van der Waals surface area contributed by atoms with E-state index in [9.17, 15) is 9.90 Å². The topological polar surface area (TPSA) is 49.8 Å². The van der Waals surface area contributed by atoms with E-state index in [0.717, 1.165) is 38.0 Å². The standard InChI is InChI=1S/C22H24ClNO3/c1-27-21-13-16(9-10-20(21)25)5-3-11-24-12-4-7-18(15-24)22(26)17-6-2-8-19(23)14-17/h2-3,5-6,8-10,13-14,18,25H,4,7,11-12,15H2,1H3/b5-3+/t18-/m1/s1. The highest BCUT2D eigenvalue weighted by Gasteiger charge is 2.26. The van der Waals surface area contributed by atoms with Gasteiger partial charge in [0, 0.05) is 29.6 Å². The van der Waals surface area contributed by atoms with Gasteiger partial charge < -0.3 is 9.84 Å². The van der Waals surface area contributed by atoms with Crippen LogP contribution < -0.4 is 4.74 Å². The Morgan fingerprint density at radius 3 is 2.96 bits per heavy atom. The van der Waals surface area contributed by atoms with Crippen LogP contribution in [0.25, 0.3) is 6.08 Å². The number of carbonyl (C=O) groups is 1. The molecule has 27 heavy (non-hydrogen) atoms. The molecule has 0 amide bonds. The molecule has 1 saturated heterocycles. The highest BCUT2D eigenvalue weighted by Crippen LogP contribution is 2.27. The van der Waals surface area contributed by atoms with Crippen molar-refractivity contribution in [2.24, 2.45) is 5.92 Å². The Labute approximate surface area is 165 Å². The smallest absolute Gasteiger partial charge is 0.167 e. The molecule has 5 heteroatoms. The summed E-state index contributed by atoms with van der Waals surface area (Å²) in [4.78, 5) is 15.1. The molecular formula is C22H24ClNO3. The maximum Gasteiger partial charge on any atom is 0.167 e. The maximum absolute atomic E-state index is 12.8. The molecule has 142 valence electrons. The first-order valence-electron chi connectivity index (χ1n) is 9.12. The normalized spacial score (nSPS) is 17.9. The Kier molecular flexibility index (Phi) is 6.54. The SMILES string of the molecule is COc1cc(/C=C/CN2CCC[C@@H](C(=O)c3cccc(Cl)c3)C2)ccc1O. The van der Waals surface area contributed by atoms with Crippen LogP contribution in [0, 0.1) is 5.92 Å². The first kappa shape index (κ1) is 19.5. The number of Topliss-reactive ketones (excluding diaryl/α,β-unsaturated/α-hetero) is 1. The molecule has 1 N–H and O–H groups in total. The number of likely N-dealkylation sites (tertiary alicyclic amines) is 1. The summed E-state index contributed by atoms with van der Waals surface area (Å²) in [6, 6.07) is 12.5. The second kappa shape index (κ2) is 9.07. The molecule has 4 nitrogen and oxygen atoms in total. The quantitative estimate of drug-likeness (QED) is 0.734. The van der Waals surface area contributed by atoms with Gasteiger partial charge in [-0.1, -0.05) is 42.0 Å². The summed E-state index contributed by atoms with van der Waals surface area (Å²) in [6.45, 7) is 2.53. The third kappa shape index (κ3) is 5.12. The number of phenols is 1. The van der Waals surface area contributed by atoms with Gasteiger partial charge in [-0.05, 0) is 49.2 Å². The molecular weight excluding hydrogens is 362 g/mol. The number of hydrogen-bond donors (Lipinski definition) is 1. The van der Waals surface area contributed by atoms with Crippen molar-refractivity contribution >= 4 is 23.5 Å². The second-order valence-electron chi connectivity index (χ2n) is 6.81. The van der Waals surface area contributed by atoms with E-state index in [1.807, 2.05) is 24.3 Å². The third-order valence-corrected chi connectivity index (χ3v) is 5.10. The van der Waals surface area contributed by atoms with Crippen molar-refractivity contribution < 1.29 is 14.6 Å². The number of benzene rings is 2. The number of ether oxygens (including phenoxy) is 1. The predicted octanol–water partition coefficient (Wildman–Crippen LogP) is 4.66. The van der Waals surface area contributed by atoms with E-state index in [4.69, 9.17) is 16.3 Å². The van der Waals surface area contributed by atoms with Crippen molar-refractivity contribution in [1.82, 2.24) is 4.90 Å². The zero-order chi connectivity index (χ0) is 19.2. The van der Waals surface area contributed by atoms with Crippen molar-refractivity contribution in [3.05, 3.63) is 64.7 Å². The van der Waals surface area contributed by atoms with E-state index >= 15 is 0 Å². The average molecular weight is 386 g/mol.